The number of halogens is 1. The zero-order valence-corrected chi connectivity index (χ0v) is 13.1. The van der Waals surface area contributed by atoms with Crippen LogP contribution in [0.4, 0.5) is 4.39 Å². The summed E-state index contributed by atoms with van der Waals surface area (Å²) in [6.07, 6.45) is 1.50. The summed E-state index contributed by atoms with van der Waals surface area (Å²) in [5.74, 6) is 0.135. The van der Waals surface area contributed by atoms with Gasteiger partial charge in [0.25, 0.3) is 0 Å². The van der Waals surface area contributed by atoms with E-state index in [1.807, 2.05) is 0 Å². The van der Waals surface area contributed by atoms with Gasteiger partial charge in [-0.1, -0.05) is 6.92 Å². The van der Waals surface area contributed by atoms with Crippen molar-refractivity contribution in [3.63, 3.8) is 0 Å². The molecule has 0 unspecified atom stereocenters. The van der Waals surface area contributed by atoms with Crippen molar-refractivity contribution in [3.8, 4) is 0 Å². The van der Waals surface area contributed by atoms with E-state index in [2.05, 4.69) is 0 Å². The Morgan fingerprint density at radius 3 is 2.33 bits per heavy atom. The van der Waals surface area contributed by atoms with Gasteiger partial charge in [-0.2, -0.15) is 4.31 Å². The maximum absolute atomic E-state index is 13.4. The predicted molar refractivity (Wildman–Crippen MR) is 77.9 cm³/mol. The zero-order chi connectivity index (χ0) is 15.6. The molecule has 4 nitrogen and oxygen atoms in total. The quantitative estimate of drug-likeness (QED) is 0.851. The van der Waals surface area contributed by atoms with Crippen LogP contribution in [0.2, 0.25) is 0 Å². The molecule has 0 N–H and O–H groups in total. The molecule has 0 aliphatic heterocycles. The summed E-state index contributed by atoms with van der Waals surface area (Å²) in [6, 6.07) is 5.91. The third-order valence-electron chi connectivity index (χ3n) is 3.29. The van der Waals surface area contributed by atoms with Gasteiger partial charge < -0.3 is 4.42 Å². The second kappa shape index (κ2) is 5.99. The first-order valence-electron chi connectivity index (χ1n) is 6.65. The fourth-order valence-electron chi connectivity index (χ4n) is 2.38. The Labute approximate surface area is 124 Å². The van der Waals surface area contributed by atoms with Gasteiger partial charge in [-0.15, -0.1) is 0 Å². The molecule has 0 bridgehead atoms. The van der Waals surface area contributed by atoms with Crippen LogP contribution in [-0.2, 0) is 16.6 Å². The molecule has 0 atom stereocenters. The van der Waals surface area contributed by atoms with Crippen LogP contribution in [0.3, 0.4) is 0 Å². The minimum atomic E-state index is -3.70. The van der Waals surface area contributed by atoms with Crippen molar-refractivity contribution >= 4 is 10.0 Å². The molecule has 0 amide bonds. The Hall–Kier alpha value is -1.66. The lowest BCUT2D eigenvalue weighted by Gasteiger charge is -2.22. The smallest absolute Gasteiger partial charge is 0.244 e. The molecule has 0 saturated heterocycles. The van der Waals surface area contributed by atoms with E-state index in [1.165, 1.54) is 22.7 Å². The molecule has 114 valence electrons. The fourth-order valence-corrected chi connectivity index (χ4v) is 4.20. The van der Waals surface area contributed by atoms with E-state index in [-0.39, 0.29) is 11.4 Å². The Bertz CT molecular complexity index is 700. The second-order valence-corrected chi connectivity index (χ2v) is 6.75. The second-order valence-electron chi connectivity index (χ2n) is 4.88. The molecular formula is C15H18FNO3S. The Morgan fingerprint density at radius 1 is 1.24 bits per heavy atom. The third-order valence-corrected chi connectivity index (χ3v) is 5.51. The van der Waals surface area contributed by atoms with Crippen LogP contribution < -0.4 is 0 Å². The van der Waals surface area contributed by atoms with E-state index in [1.54, 1.807) is 32.9 Å². The molecule has 0 aliphatic carbocycles. The molecule has 6 heteroatoms. The molecule has 1 aromatic carbocycles. The van der Waals surface area contributed by atoms with E-state index >= 15 is 0 Å². The molecule has 0 aliphatic rings. The summed E-state index contributed by atoms with van der Waals surface area (Å²) in [5.41, 5.74) is 0.816. The lowest BCUT2D eigenvalue weighted by molar-refractivity contribution is 0.375. The van der Waals surface area contributed by atoms with Crippen LogP contribution in [0.1, 0.15) is 23.8 Å². The van der Waals surface area contributed by atoms with Gasteiger partial charge in [0.05, 0.1) is 17.7 Å². The van der Waals surface area contributed by atoms with E-state index < -0.39 is 15.8 Å². The largest absolute Gasteiger partial charge is 0.468 e. The summed E-state index contributed by atoms with van der Waals surface area (Å²) >= 11 is 0. The molecule has 1 heterocycles. The highest BCUT2D eigenvalue weighted by Crippen LogP contribution is 2.26. The Balaban J connectivity index is 2.45. The average Bonchev–Trinajstić information content (AvgIpc) is 2.86. The summed E-state index contributed by atoms with van der Waals surface area (Å²) in [5, 5.41) is 0. The number of benzene rings is 1. The van der Waals surface area contributed by atoms with Gasteiger partial charge >= 0.3 is 0 Å². The SMILES string of the molecule is CCN(Cc1ccco1)S(=O)(=O)c1c(C)cc(F)cc1C. The van der Waals surface area contributed by atoms with Crippen molar-refractivity contribution in [3.05, 3.63) is 53.2 Å². The van der Waals surface area contributed by atoms with E-state index in [4.69, 9.17) is 4.42 Å². The van der Waals surface area contributed by atoms with E-state index in [9.17, 15) is 12.8 Å². The first-order chi connectivity index (χ1) is 9.86. The Morgan fingerprint density at radius 2 is 1.86 bits per heavy atom. The number of nitrogens with zero attached hydrogens (tertiary/aromatic N) is 1. The van der Waals surface area contributed by atoms with E-state index in [0.717, 1.165) is 0 Å². The van der Waals surface area contributed by atoms with Gasteiger partial charge in [-0.05, 0) is 49.2 Å². The van der Waals surface area contributed by atoms with Gasteiger partial charge in [0.1, 0.15) is 11.6 Å². The molecule has 0 fully saturated rings. The molecule has 2 rings (SSSR count). The first-order valence-corrected chi connectivity index (χ1v) is 8.09. The standard InChI is InChI=1S/C15H18FNO3S/c1-4-17(10-14-6-5-7-20-14)21(18,19)15-11(2)8-13(16)9-12(15)3/h5-9H,4,10H2,1-3H3. The maximum Gasteiger partial charge on any atom is 0.244 e. The lowest BCUT2D eigenvalue weighted by Crippen LogP contribution is -2.31. The maximum atomic E-state index is 13.4. The highest BCUT2D eigenvalue weighted by molar-refractivity contribution is 7.89. The average molecular weight is 311 g/mol. The van der Waals surface area contributed by atoms with Crippen molar-refractivity contribution in [2.75, 3.05) is 6.54 Å². The molecule has 1 aromatic heterocycles. The first kappa shape index (κ1) is 15.7. The monoisotopic (exact) mass is 311 g/mol. The van der Waals surface area contributed by atoms with Crippen molar-refractivity contribution in [2.45, 2.75) is 32.2 Å². The number of rotatable bonds is 5. The number of sulfonamides is 1. The van der Waals surface area contributed by atoms with Crippen molar-refractivity contribution in [2.24, 2.45) is 0 Å². The van der Waals surface area contributed by atoms with E-state index in [0.29, 0.717) is 23.4 Å². The van der Waals surface area contributed by atoms with Crippen LogP contribution in [0.15, 0.2) is 39.8 Å². The number of furan rings is 1. The molecule has 0 spiro atoms. The minimum Gasteiger partial charge on any atom is -0.468 e. The number of aryl methyl sites for hydroxylation is 2. The van der Waals surface area contributed by atoms with Gasteiger partial charge in [0.2, 0.25) is 10.0 Å². The Kier molecular flexibility index (Phi) is 4.49. The summed E-state index contributed by atoms with van der Waals surface area (Å²) < 4.78 is 45.5. The molecule has 0 saturated carbocycles. The molecule has 21 heavy (non-hydrogen) atoms. The highest BCUT2D eigenvalue weighted by atomic mass is 32.2. The van der Waals surface area contributed by atoms with Crippen LogP contribution in [0.5, 0.6) is 0 Å². The summed E-state index contributed by atoms with van der Waals surface area (Å²) in [6.45, 7) is 5.42. The van der Waals surface area contributed by atoms with Crippen LogP contribution >= 0.6 is 0 Å². The summed E-state index contributed by atoms with van der Waals surface area (Å²) in [7, 11) is -3.70. The number of hydrogen-bond acceptors (Lipinski definition) is 3. The summed E-state index contributed by atoms with van der Waals surface area (Å²) in [4.78, 5) is 0.164. The highest BCUT2D eigenvalue weighted by Gasteiger charge is 2.27. The van der Waals surface area contributed by atoms with Crippen LogP contribution in [-0.4, -0.2) is 19.3 Å². The van der Waals surface area contributed by atoms with Crippen LogP contribution in [0.25, 0.3) is 0 Å². The van der Waals surface area contributed by atoms with Gasteiger partial charge in [0.15, 0.2) is 0 Å². The molecular weight excluding hydrogens is 293 g/mol. The van der Waals surface area contributed by atoms with Gasteiger partial charge in [-0.25, -0.2) is 12.8 Å². The topological polar surface area (TPSA) is 50.5 Å². The minimum absolute atomic E-state index is 0.155. The van der Waals surface area contributed by atoms with Crippen molar-refractivity contribution < 1.29 is 17.2 Å². The van der Waals surface area contributed by atoms with Gasteiger partial charge in [0, 0.05) is 6.54 Å². The fraction of sp³-hybridized carbons (Fsp3) is 0.333. The molecule has 0 radical (unpaired) electrons. The van der Waals surface area contributed by atoms with Crippen molar-refractivity contribution in [1.82, 2.24) is 4.31 Å². The lowest BCUT2D eigenvalue weighted by atomic mass is 10.1. The normalized spacial score (nSPS) is 12.0. The molecule has 2 aromatic rings. The zero-order valence-electron chi connectivity index (χ0n) is 12.3. The van der Waals surface area contributed by atoms with Gasteiger partial charge in [-0.3, -0.25) is 0 Å². The van der Waals surface area contributed by atoms with Crippen LogP contribution in [0, 0.1) is 19.7 Å². The third kappa shape index (κ3) is 3.16. The predicted octanol–water partition coefficient (Wildman–Crippen LogP) is 3.25. The van der Waals surface area contributed by atoms with Crippen molar-refractivity contribution in [1.29, 1.82) is 0 Å². The number of hydrogen-bond donors (Lipinski definition) is 0.